The molecule has 0 unspecified atom stereocenters. The molecular formula is C99H90N20O7. The zero-order valence-electron chi connectivity index (χ0n) is 70.6. The van der Waals surface area contributed by atoms with Crippen molar-refractivity contribution in [2.45, 2.75) is 81.8 Å². The first-order valence-corrected chi connectivity index (χ1v) is 40.5. The second-order valence-corrected chi connectivity index (χ2v) is 29.9. The van der Waals surface area contributed by atoms with Crippen molar-refractivity contribution in [3.05, 3.63) is 328 Å². The van der Waals surface area contributed by atoms with Crippen molar-refractivity contribution >= 4 is 83.7 Å². The van der Waals surface area contributed by atoms with Crippen LogP contribution < -0.4 is 9.47 Å². The first kappa shape index (κ1) is 85.1. The highest BCUT2D eigenvalue weighted by atomic mass is 16.5. The number of carbonyl (C=O) groups excluding carboxylic acids is 1. The predicted octanol–water partition coefficient (Wildman–Crippen LogP) is 19.0. The van der Waals surface area contributed by atoms with E-state index in [9.17, 15) is 4.79 Å². The molecule has 11 N–H and O–H groups in total. The number of hydrogen-bond donors (Lipinski definition) is 11. The van der Waals surface area contributed by atoms with E-state index in [1.807, 2.05) is 242 Å². The fourth-order valence-electron chi connectivity index (χ4n) is 13.8. The van der Waals surface area contributed by atoms with E-state index in [1.54, 1.807) is 43.9 Å². The zero-order chi connectivity index (χ0) is 87.7. The van der Waals surface area contributed by atoms with Crippen molar-refractivity contribution in [1.82, 2.24) is 99.7 Å². The topological polar surface area (TPSA) is 395 Å². The summed E-state index contributed by atoms with van der Waals surface area (Å²) in [5.41, 5.74) is 31.0. The van der Waals surface area contributed by atoms with Crippen LogP contribution in [0.1, 0.15) is 67.2 Å². The van der Waals surface area contributed by atoms with Crippen molar-refractivity contribution in [2.75, 3.05) is 7.11 Å². The van der Waals surface area contributed by atoms with Crippen LogP contribution in [0.5, 0.6) is 11.5 Å². The summed E-state index contributed by atoms with van der Waals surface area (Å²) in [6, 6.07) is 77.6. The first-order chi connectivity index (χ1) is 61.3. The average molecular weight is 1670 g/mol. The van der Waals surface area contributed by atoms with Crippen LogP contribution in [0.15, 0.2) is 261 Å². The quantitative estimate of drug-likeness (QED) is 0.0450. The number of nitrogens with one attached hydrogen (secondary N) is 7. The molecule has 0 aliphatic carbocycles. The Morgan fingerprint density at radius 3 is 1.13 bits per heavy atom. The van der Waals surface area contributed by atoms with Crippen LogP contribution in [0, 0.1) is 55.4 Å². The Morgan fingerprint density at radius 2 is 0.683 bits per heavy atom. The number of aromatic amines is 7. The van der Waals surface area contributed by atoms with Gasteiger partial charge in [-0.15, -0.1) is 0 Å². The highest BCUT2D eigenvalue weighted by Crippen LogP contribution is 2.31. The van der Waals surface area contributed by atoms with Gasteiger partial charge in [0.2, 0.25) is 0 Å². The molecule has 628 valence electrons. The minimum atomic E-state index is 0.0347. The van der Waals surface area contributed by atoms with Crippen molar-refractivity contribution in [1.29, 1.82) is 0 Å². The van der Waals surface area contributed by atoms with Gasteiger partial charge in [0, 0.05) is 47.3 Å². The SMILES string of the molecule is COc1cccc2[nH]c(-c3cccc(C)n3)nc12.Cc1ccc2nc(-c3ncccc3C)[nH]c2c1.Cc1cccc(-c2nc3ccc(CO)cc3[nH]2)c1.Cc1cccc(-c2nc3ccc(CO)cc3[nH]2)n1.Cc1cccc(-c2nc3ccc(CO)cc3[nH]2)n1.Cc1ccnc(-c2nc3ccc(CO)cc3[nH]2)c1.Cc1ccnc(-c2nc3ccc(OC=O)cc3[nH]2)c1. The highest BCUT2D eigenvalue weighted by Gasteiger charge is 2.16. The van der Waals surface area contributed by atoms with Crippen molar-refractivity contribution in [3.63, 3.8) is 0 Å². The zero-order valence-corrected chi connectivity index (χ0v) is 70.6. The minimum Gasteiger partial charge on any atom is -0.494 e. The number of carbonyl (C=O) groups is 1. The lowest BCUT2D eigenvalue weighted by Gasteiger charge is -1.98. The van der Waals surface area contributed by atoms with E-state index in [4.69, 9.17) is 29.9 Å². The summed E-state index contributed by atoms with van der Waals surface area (Å²) in [7, 11) is 1.65. The van der Waals surface area contributed by atoms with Gasteiger partial charge in [-0.05, 0) is 258 Å². The molecule has 0 aliphatic heterocycles. The van der Waals surface area contributed by atoms with Gasteiger partial charge in [-0.25, -0.2) is 49.8 Å². The molecule has 0 fully saturated rings. The average Bonchev–Trinajstić information content (AvgIpc) is 1.22. The van der Waals surface area contributed by atoms with Crippen molar-refractivity contribution < 1.29 is 34.7 Å². The molecule has 0 radical (unpaired) electrons. The van der Waals surface area contributed by atoms with E-state index in [1.165, 1.54) is 11.1 Å². The predicted molar refractivity (Wildman–Crippen MR) is 492 cm³/mol. The summed E-state index contributed by atoms with van der Waals surface area (Å²) in [6.45, 7) is 16.6. The van der Waals surface area contributed by atoms with E-state index in [0.717, 1.165) is 214 Å². The minimum absolute atomic E-state index is 0.0347. The van der Waals surface area contributed by atoms with Gasteiger partial charge in [0.25, 0.3) is 6.47 Å². The summed E-state index contributed by atoms with van der Waals surface area (Å²) in [5, 5.41) is 36.5. The molecule has 0 saturated heterocycles. The van der Waals surface area contributed by atoms with Crippen LogP contribution in [-0.2, 0) is 31.2 Å². The Balaban J connectivity index is 0.000000113. The fourth-order valence-corrected chi connectivity index (χ4v) is 13.8. The maximum atomic E-state index is 10.3. The molecule has 27 heteroatoms. The largest absolute Gasteiger partial charge is 0.494 e. The molecule has 0 bridgehead atoms. The van der Waals surface area contributed by atoms with Gasteiger partial charge in [-0.2, -0.15) is 0 Å². The number of fused-ring (bicyclic) bond motifs is 7. The molecular weight excluding hydrogens is 1580 g/mol. The molecule has 0 aliphatic rings. The van der Waals surface area contributed by atoms with Gasteiger partial charge >= 0.3 is 0 Å². The third-order valence-corrected chi connectivity index (χ3v) is 20.1. The van der Waals surface area contributed by atoms with E-state index >= 15 is 0 Å². The summed E-state index contributed by atoms with van der Waals surface area (Å²) >= 11 is 0. The maximum Gasteiger partial charge on any atom is 0.298 e. The van der Waals surface area contributed by atoms with Gasteiger partial charge in [0.15, 0.2) is 34.9 Å². The number of imidazole rings is 7. The molecule has 0 atom stereocenters. The van der Waals surface area contributed by atoms with E-state index in [2.05, 4.69) is 138 Å². The third kappa shape index (κ3) is 20.8. The number of nitrogens with zero attached hydrogens (tertiary/aromatic N) is 13. The van der Waals surface area contributed by atoms with E-state index in [-0.39, 0.29) is 26.4 Å². The summed E-state index contributed by atoms with van der Waals surface area (Å²) in [6.07, 6.45) is 5.32. The summed E-state index contributed by atoms with van der Waals surface area (Å²) < 4.78 is 10.1. The number of rotatable bonds is 14. The monoisotopic (exact) mass is 1670 g/mol. The number of ether oxygens (including phenoxy) is 2. The molecule has 13 aromatic heterocycles. The number of methoxy groups -OCH3 is 1. The summed E-state index contributed by atoms with van der Waals surface area (Å²) in [4.78, 5) is 91.0. The normalized spacial score (nSPS) is 10.9. The highest BCUT2D eigenvalue weighted by molar-refractivity contribution is 5.87. The standard InChI is InChI=1S/C15H14N2O.C14H11N3O2.4C14H13N3O.C14H13N3/c1-10-3-2-4-12(7-10)15-16-13-6-5-11(9-18)8-14(13)17-15;1-9-4-5-15-13(6-9)14-16-11-3-2-10(19-8-18)7-12(11)17-14;1-9-5-3-7-11(15-9)14-16-10-6-4-8-12(18-2)13(10)17-14;1-9-4-5-15-13(6-9)14-16-11-3-2-10(8-18)7-12(11)17-14;2*1-9-3-2-4-12(15-9)14-16-11-6-5-10(8-18)7-13(11)17-14;1-9-5-6-11-12(8-9)17-14(16-11)13-10(2)4-3-7-15-13/h2-8,18H,9H2,1H3,(H,16,17);2-8H,1H3,(H,16,17);3-8H,1-2H3,(H,16,17);3*2-7,18H,8H2,1H3,(H,16,17);3-8H,1-2H3,(H,16,17). The van der Waals surface area contributed by atoms with Crippen LogP contribution in [0.25, 0.3) is 158 Å². The maximum absolute atomic E-state index is 10.3. The van der Waals surface area contributed by atoms with E-state index in [0.29, 0.717) is 18.0 Å². The van der Waals surface area contributed by atoms with E-state index < -0.39 is 0 Å². The number of aliphatic hydroxyl groups excluding tert-OH is 4. The number of aryl methyl sites for hydroxylation is 8. The Morgan fingerprint density at radius 1 is 0.302 bits per heavy atom. The third-order valence-electron chi connectivity index (χ3n) is 20.1. The molecule has 13 heterocycles. The van der Waals surface area contributed by atoms with Gasteiger partial charge in [0.05, 0.1) is 105 Å². The number of benzene rings is 8. The fraction of sp³-hybridized carbons (Fsp3) is 0.131. The molecule has 8 aromatic carbocycles. The number of para-hydroxylation sites is 1. The van der Waals surface area contributed by atoms with Crippen molar-refractivity contribution in [3.8, 4) is 92.0 Å². The van der Waals surface area contributed by atoms with Crippen LogP contribution in [-0.4, -0.2) is 134 Å². The van der Waals surface area contributed by atoms with Crippen LogP contribution in [0.4, 0.5) is 0 Å². The molecule has 0 spiro atoms. The molecule has 27 nitrogen and oxygen atoms in total. The summed E-state index contributed by atoms with van der Waals surface area (Å²) in [5.74, 6) is 6.67. The Bertz CT molecular complexity index is 6890. The molecule has 21 rings (SSSR count). The van der Waals surface area contributed by atoms with Gasteiger partial charge in [-0.3, -0.25) is 19.7 Å². The molecule has 0 amide bonds. The van der Waals surface area contributed by atoms with Gasteiger partial charge < -0.3 is 64.8 Å². The Labute approximate surface area is 723 Å². The van der Waals surface area contributed by atoms with Crippen LogP contribution in [0.3, 0.4) is 0 Å². The first-order valence-electron chi connectivity index (χ1n) is 40.5. The number of H-pyrrole nitrogens is 7. The Hall–Kier alpha value is -15.9. The van der Waals surface area contributed by atoms with Crippen LogP contribution >= 0.6 is 0 Å². The molecule has 0 saturated carbocycles. The van der Waals surface area contributed by atoms with Gasteiger partial charge in [0.1, 0.15) is 57.0 Å². The number of pyridine rings is 6. The second kappa shape index (κ2) is 39.3. The Kier molecular flexibility index (Phi) is 26.5. The smallest absolute Gasteiger partial charge is 0.298 e. The number of aromatic nitrogens is 20. The molecule has 126 heavy (non-hydrogen) atoms. The lowest BCUT2D eigenvalue weighted by atomic mass is 10.1. The lowest BCUT2D eigenvalue weighted by molar-refractivity contribution is -0.120. The lowest BCUT2D eigenvalue weighted by Crippen LogP contribution is -1.88. The van der Waals surface area contributed by atoms with Gasteiger partial charge in [-0.1, -0.05) is 84.4 Å². The second-order valence-electron chi connectivity index (χ2n) is 29.9. The van der Waals surface area contributed by atoms with Crippen molar-refractivity contribution in [2.24, 2.45) is 0 Å². The number of aliphatic hydroxyl groups is 4. The molecule has 21 aromatic rings. The number of hydrogen-bond acceptors (Lipinski definition) is 20. The van der Waals surface area contributed by atoms with Crippen LogP contribution in [0.2, 0.25) is 0 Å².